The van der Waals surface area contributed by atoms with E-state index in [2.05, 4.69) is 10.7 Å². The van der Waals surface area contributed by atoms with Gasteiger partial charge in [0.05, 0.1) is 23.6 Å². The van der Waals surface area contributed by atoms with E-state index < -0.39 is 0 Å². The van der Waals surface area contributed by atoms with Gasteiger partial charge in [0.1, 0.15) is 5.75 Å². The Morgan fingerprint density at radius 1 is 1.17 bits per heavy atom. The highest BCUT2D eigenvalue weighted by atomic mass is 32.2. The van der Waals surface area contributed by atoms with Crippen LogP contribution in [0.3, 0.4) is 0 Å². The predicted molar refractivity (Wildman–Crippen MR) is 141 cm³/mol. The molecule has 6 nitrogen and oxygen atoms in total. The zero-order chi connectivity index (χ0) is 24.6. The highest BCUT2D eigenvalue weighted by molar-refractivity contribution is 8.00. The van der Waals surface area contributed by atoms with Crippen LogP contribution in [0.5, 0.6) is 5.75 Å². The molecular weight excluding hydrogens is 478 g/mol. The summed E-state index contributed by atoms with van der Waals surface area (Å²) >= 11 is 3.23. The maximum atomic E-state index is 13.2. The summed E-state index contributed by atoms with van der Waals surface area (Å²) in [5.41, 5.74) is 3.28. The summed E-state index contributed by atoms with van der Waals surface area (Å²) in [5, 5.41) is 7.14. The number of para-hydroxylation sites is 1. The first-order valence-corrected chi connectivity index (χ1v) is 13.9. The number of carbonyl (C=O) groups excluding carboxylic acids is 2. The van der Waals surface area contributed by atoms with E-state index >= 15 is 0 Å². The van der Waals surface area contributed by atoms with Gasteiger partial charge in [0.25, 0.3) is 5.91 Å². The molecule has 3 aromatic rings. The first-order valence-electron chi connectivity index (χ1n) is 11.9. The van der Waals surface area contributed by atoms with Gasteiger partial charge in [-0.2, -0.15) is 11.3 Å². The number of hydrogen-bond acceptors (Lipinski definition) is 6. The Balaban J connectivity index is 1.38. The van der Waals surface area contributed by atoms with Crippen molar-refractivity contribution in [2.75, 3.05) is 25.4 Å². The van der Waals surface area contributed by atoms with Gasteiger partial charge in [0.2, 0.25) is 5.91 Å². The molecule has 0 atom stereocenters. The molecule has 0 saturated carbocycles. The Labute approximate surface area is 215 Å². The molecule has 1 saturated heterocycles. The molecule has 2 amide bonds. The molecule has 4 rings (SSSR count). The molecule has 1 aliphatic rings. The number of thiophene rings is 1. The Morgan fingerprint density at radius 3 is 2.71 bits per heavy atom. The van der Waals surface area contributed by atoms with Crippen molar-refractivity contribution < 1.29 is 14.3 Å². The van der Waals surface area contributed by atoms with E-state index in [1.807, 2.05) is 66.6 Å². The number of carbonyl (C=O) groups is 2. The van der Waals surface area contributed by atoms with Gasteiger partial charge < -0.3 is 15.0 Å². The lowest BCUT2D eigenvalue weighted by Crippen LogP contribution is -2.39. The highest BCUT2D eigenvalue weighted by Gasteiger charge is 2.28. The summed E-state index contributed by atoms with van der Waals surface area (Å²) in [7, 11) is 0. The molecule has 0 radical (unpaired) electrons. The van der Waals surface area contributed by atoms with E-state index in [9.17, 15) is 9.59 Å². The number of likely N-dealkylation sites (tertiary alicyclic amines) is 1. The smallest absolute Gasteiger partial charge is 0.253 e. The number of piperidine rings is 1. The van der Waals surface area contributed by atoms with Gasteiger partial charge in [-0.3, -0.25) is 14.6 Å². The molecular formula is C27H31N3O3S2. The summed E-state index contributed by atoms with van der Waals surface area (Å²) in [4.78, 5) is 33.7. The summed E-state index contributed by atoms with van der Waals surface area (Å²) < 4.78 is 5.68. The minimum absolute atomic E-state index is 0.135. The van der Waals surface area contributed by atoms with Crippen LogP contribution in [-0.2, 0) is 11.3 Å². The van der Waals surface area contributed by atoms with Crippen molar-refractivity contribution >= 4 is 34.9 Å². The fourth-order valence-corrected chi connectivity index (χ4v) is 5.95. The molecule has 1 N–H and O–H groups in total. The second-order valence-corrected chi connectivity index (χ2v) is 10.3. The second kappa shape index (κ2) is 12.2. The van der Waals surface area contributed by atoms with Crippen LogP contribution >= 0.6 is 23.1 Å². The summed E-state index contributed by atoms with van der Waals surface area (Å²) in [6.45, 7) is 6.23. The normalized spacial score (nSPS) is 14.1. The topological polar surface area (TPSA) is 71.5 Å². The lowest BCUT2D eigenvalue weighted by molar-refractivity contribution is -0.129. The van der Waals surface area contributed by atoms with Gasteiger partial charge in [0.15, 0.2) is 0 Å². The number of nitrogens with zero attached hydrogens (tertiary/aromatic N) is 2. The zero-order valence-electron chi connectivity index (χ0n) is 20.2. The third-order valence-corrected chi connectivity index (χ3v) is 7.92. The quantitative estimate of drug-likeness (QED) is 0.398. The average Bonchev–Trinajstić information content (AvgIpc) is 3.40. The fraction of sp³-hybridized carbons (Fsp3) is 0.370. The summed E-state index contributed by atoms with van der Waals surface area (Å²) in [5.74, 6) is 1.43. The third kappa shape index (κ3) is 6.64. The van der Waals surface area contributed by atoms with E-state index in [-0.39, 0.29) is 17.7 Å². The monoisotopic (exact) mass is 509 g/mol. The van der Waals surface area contributed by atoms with Crippen LogP contribution in [0.4, 0.5) is 0 Å². The van der Waals surface area contributed by atoms with Gasteiger partial charge in [-0.15, -0.1) is 11.8 Å². The van der Waals surface area contributed by atoms with Gasteiger partial charge in [-0.05, 0) is 56.3 Å². The van der Waals surface area contributed by atoms with E-state index in [1.165, 1.54) is 0 Å². The number of aryl methyl sites for hydroxylation is 1. The van der Waals surface area contributed by atoms with E-state index in [4.69, 9.17) is 9.72 Å². The molecule has 0 bridgehead atoms. The minimum Gasteiger partial charge on any atom is -0.494 e. The highest BCUT2D eigenvalue weighted by Crippen LogP contribution is 2.30. The fourth-order valence-electron chi connectivity index (χ4n) is 4.27. The molecule has 1 fully saturated rings. The number of aromatic nitrogens is 1. The van der Waals surface area contributed by atoms with Crippen molar-refractivity contribution in [2.45, 2.75) is 44.0 Å². The molecule has 8 heteroatoms. The molecule has 2 aromatic heterocycles. The van der Waals surface area contributed by atoms with Gasteiger partial charge >= 0.3 is 0 Å². The largest absolute Gasteiger partial charge is 0.494 e. The Morgan fingerprint density at radius 2 is 1.97 bits per heavy atom. The Hall–Kier alpha value is -2.84. The molecule has 0 unspecified atom stereocenters. The van der Waals surface area contributed by atoms with Crippen LogP contribution in [-0.4, -0.2) is 47.1 Å². The van der Waals surface area contributed by atoms with Crippen LogP contribution in [0.2, 0.25) is 0 Å². The summed E-state index contributed by atoms with van der Waals surface area (Å²) in [6.07, 6.45) is 1.61. The average molecular weight is 510 g/mol. The number of thioether (sulfide) groups is 1. The number of pyridine rings is 1. The minimum atomic E-state index is -0.135. The molecule has 1 aromatic carbocycles. The van der Waals surface area contributed by atoms with Crippen molar-refractivity contribution in [2.24, 2.45) is 0 Å². The first kappa shape index (κ1) is 25.3. The molecule has 35 heavy (non-hydrogen) atoms. The van der Waals surface area contributed by atoms with E-state index in [1.54, 1.807) is 23.1 Å². The van der Waals surface area contributed by atoms with Crippen LogP contribution in [0.1, 0.15) is 53.0 Å². The number of hydrogen-bond donors (Lipinski definition) is 1. The number of rotatable bonds is 9. The standard InChI is InChI=1S/C27H31N3O3S2/c1-3-33-24-7-5-4-6-21(24)16-28-27(32)23-9-8-19(2)29-26(23)20-10-13-30(14-11-20)25(31)18-35-22-12-15-34-17-22/h4-9,12,15,17,20H,3,10-11,13-14,16,18H2,1-2H3,(H,28,32). The predicted octanol–water partition coefficient (Wildman–Crippen LogP) is 5.28. The molecule has 0 aliphatic carbocycles. The first-order chi connectivity index (χ1) is 17.0. The maximum absolute atomic E-state index is 13.2. The van der Waals surface area contributed by atoms with Crippen LogP contribution in [0, 0.1) is 6.92 Å². The van der Waals surface area contributed by atoms with E-state index in [0.717, 1.165) is 40.4 Å². The van der Waals surface area contributed by atoms with Crippen molar-refractivity contribution in [1.82, 2.24) is 15.2 Å². The summed E-state index contributed by atoms with van der Waals surface area (Å²) in [6, 6.07) is 13.5. The van der Waals surface area contributed by atoms with Crippen molar-refractivity contribution in [1.29, 1.82) is 0 Å². The molecule has 3 heterocycles. The van der Waals surface area contributed by atoms with Crippen molar-refractivity contribution in [3.05, 3.63) is 75.7 Å². The molecule has 1 aliphatic heterocycles. The maximum Gasteiger partial charge on any atom is 0.253 e. The zero-order valence-corrected chi connectivity index (χ0v) is 21.8. The van der Waals surface area contributed by atoms with Crippen LogP contribution < -0.4 is 10.1 Å². The molecule has 184 valence electrons. The lowest BCUT2D eigenvalue weighted by Gasteiger charge is -2.32. The molecule has 0 spiro atoms. The number of amides is 2. The lowest BCUT2D eigenvalue weighted by atomic mass is 9.89. The third-order valence-electron chi connectivity index (χ3n) is 6.11. The van der Waals surface area contributed by atoms with Crippen molar-refractivity contribution in [3.63, 3.8) is 0 Å². The van der Waals surface area contributed by atoms with Crippen molar-refractivity contribution in [3.8, 4) is 5.75 Å². The number of ether oxygens (including phenoxy) is 1. The Bertz CT molecular complexity index is 1140. The number of nitrogens with one attached hydrogen (secondary N) is 1. The number of benzene rings is 1. The van der Waals surface area contributed by atoms with Gasteiger partial charge in [-0.1, -0.05) is 18.2 Å². The van der Waals surface area contributed by atoms with Gasteiger partial charge in [0, 0.05) is 47.1 Å². The van der Waals surface area contributed by atoms with Crippen LogP contribution in [0.25, 0.3) is 0 Å². The van der Waals surface area contributed by atoms with Crippen LogP contribution in [0.15, 0.2) is 58.1 Å². The van der Waals surface area contributed by atoms with Gasteiger partial charge in [-0.25, -0.2) is 0 Å². The van der Waals surface area contributed by atoms with E-state index in [0.29, 0.717) is 37.6 Å². The Kier molecular flexibility index (Phi) is 8.82. The second-order valence-electron chi connectivity index (χ2n) is 8.51. The SMILES string of the molecule is CCOc1ccccc1CNC(=O)c1ccc(C)nc1C1CCN(C(=O)CSc2ccsc2)CC1.